The van der Waals surface area contributed by atoms with Crippen LogP contribution in [0.25, 0.3) is 0 Å². The number of sulfonamides is 1. The number of nitrogens with zero attached hydrogens (tertiary/aromatic N) is 1. The zero-order valence-electron chi connectivity index (χ0n) is 12.2. The number of rotatable bonds is 6. The molecule has 0 aliphatic heterocycles. The first-order chi connectivity index (χ1) is 10.7. The number of anilines is 1. The fraction of sp³-hybridized carbons (Fsp3) is 0.231. The molecule has 1 heterocycles. The number of halogens is 1. The van der Waals surface area contributed by atoms with Crippen molar-refractivity contribution in [2.45, 2.75) is 18.7 Å². The molecule has 0 aliphatic carbocycles. The van der Waals surface area contributed by atoms with E-state index in [0.717, 1.165) is 11.3 Å². The lowest BCUT2D eigenvalue weighted by molar-refractivity contribution is 0.0701. The zero-order valence-corrected chi connectivity index (χ0v) is 14.5. The lowest BCUT2D eigenvalue weighted by Crippen LogP contribution is -2.14. The summed E-state index contributed by atoms with van der Waals surface area (Å²) in [7, 11) is -4.02. The monoisotopic (exact) mass is 376 g/mol. The van der Waals surface area contributed by atoms with Crippen LogP contribution in [0.3, 0.4) is 0 Å². The highest BCUT2D eigenvalue weighted by atomic mass is 35.5. The highest BCUT2D eigenvalue weighted by molar-refractivity contribution is 7.93. The number of carboxylic acids is 1. The molecule has 1 aromatic carbocycles. The molecule has 2 rings (SSSR count). The van der Waals surface area contributed by atoms with E-state index in [0.29, 0.717) is 0 Å². The largest absolute Gasteiger partial charge is 0.492 e. The average Bonchev–Trinajstić information content (AvgIpc) is 2.81. The smallest absolute Gasteiger partial charge is 0.347 e. The number of thiazole rings is 1. The second kappa shape index (κ2) is 6.73. The number of ether oxygens (including phenoxy) is 1. The van der Waals surface area contributed by atoms with Crippen LogP contribution < -0.4 is 9.46 Å². The topological polar surface area (TPSA) is 106 Å². The molecule has 124 valence electrons. The lowest BCUT2D eigenvalue weighted by Gasteiger charge is -2.11. The predicted molar refractivity (Wildman–Crippen MR) is 87.2 cm³/mol. The first-order valence-corrected chi connectivity index (χ1v) is 9.08. The maximum absolute atomic E-state index is 12.5. The van der Waals surface area contributed by atoms with Crippen LogP contribution in [0.2, 0.25) is 5.02 Å². The van der Waals surface area contributed by atoms with E-state index in [1.165, 1.54) is 25.1 Å². The normalized spacial score (nSPS) is 11.3. The lowest BCUT2D eigenvalue weighted by atomic mass is 10.3. The Hall–Kier alpha value is -1.84. The van der Waals surface area contributed by atoms with Crippen LogP contribution in [0.4, 0.5) is 5.13 Å². The Balaban J connectivity index is 2.41. The molecular formula is C13H13ClN2O5S2. The minimum atomic E-state index is -4.02. The standard InChI is InChI=1S/C13H13ClN2O5S2/c1-3-21-9-5-4-8(14)6-10(9)23(19,20)16-13-15-7(2)11(22-13)12(17)18/h4-6H,3H2,1-2H3,(H,15,16)(H,17,18). The Bertz CT molecular complexity index is 848. The van der Waals surface area contributed by atoms with E-state index in [4.69, 9.17) is 21.4 Å². The Morgan fingerprint density at radius 3 is 2.74 bits per heavy atom. The second-order valence-corrected chi connectivity index (χ2v) is 7.45. The van der Waals surface area contributed by atoms with Gasteiger partial charge in [0.2, 0.25) is 0 Å². The van der Waals surface area contributed by atoms with Gasteiger partial charge in [0, 0.05) is 5.02 Å². The van der Waals surface area contributed by atoms with E-state index in [9.17, 15) is 13.2 Å². The SMILES string of the molecule is CCOc1ccc(Cl)cc1S(=O)(=O)Nc1nc(C)c(C(=O)O)s1. The highest BCUT2D eigenvalue weighted by Crippen LogP contribution is 2.30. The number of nitrogens with one attached hydrogen (secondary N) is 1. The molecule has 1 aromatic heterocycles. The van der Waals surface area contributed by atoms with Crippen molar-refractivity contribution in [3.63, 3.8) is 0 Å². The maximum atomic E-state index is 12.5. The minimum absolute atomic E-state index is 0.0289. The van der Waals surface area contributed by atoms with Crippen molar-refractivity contribution in [2.24, 2.45) is 0 Å². The number of aryl methyl sites for hydroxylation is 1. The molecule has 23 heavy (non-hydrogen) atoms. The van der Waals surface area contributed by atoms with Crippen LogP contribution in [0, 0.1) is 6.92 Å². The second-order valence-electron chi connectivity index (χ2n) is 4.37. The summed E-state index contributed by atoms with van der Waals surface area (Å²) in [5, 5.41) is 9.19. The molecule has 0 unspecified atom stereocenters. The van der Waals surface area contributed by atoms with E-state index in [-0.39, 0.29) is 38.0 Å². The van der Waals surface area contributed by atoms with Crippen molar-refractivity contribution in [1.82, 2.24) is 4.98 Å². The number of aromatic carboxylic acids is 1. The number of aromatic nitrogens is 1. The Kier molecular flexibility index (Phi) is 5.12. The molecule has 2 aromatic rings. The molecule has 0 amide bonds. The molecule has 2 N–H and O–H groups in total. The highest BCUT2D eigenvalue weighted by Gasteiger charge is 2.23. The molecule has 0 radical (unpaired) electrons. The Morgan fingerprint density at radius 1 is 1.48 bits per heavy atom. The number of carbonyl (C=O) groups is 1. The molecule has 7 nitrogen and oxygen atoms in total. The zero-order chi connectivity index (χ0) is 17.2. The quantitative estimate of drug-likeness (QED) is 0.802. The van der Waals surface area contributed by atoms with Gasteiger partial charge >= 0.3 is 5.97 Å². The molecule has 0 spiro atoms. The van der Waals surface area contributed by atoms with Crippen LogP contribution in [0.15, 0.2) is 23.1 Å². The number of benzene rings is 1. The van der Waals surface area contributed by atoms with E-state index >= 15 is 0 Å². The van der Waals surface area contributed by atoms with E-state index < -0.39 is 16.0 Å². The predicted octanol–water partition coefficient (Wildman–Crippen LogP) is 3.00. The molecule has 0 saturated heterocycles. The fourth-order valence-corrected chi connectivity index (χ4v) is 4.22. The van der Waals surface area contributed by atoms with Gasteiger partial charge in [-0.15, -0.1) is 0 Å². The van der Waals surface area contributed by atoms with Gasteiger partial charge in [0.05, 0.1) is 12.3 Å². The van der Waals surface area contributed by atoms with Gasteiger partial charge in [-0.2, -0.15) is 0 Å². The summed E-state index contributed by atoms with van der Waals surface area (Å²) in [4.78, 5) is 14.8. The molecule has 0 atom stereocenters. The van der Waals surface area contributed by atoms with Gasteiger partial charge in [-0.05, 0) is 32.0 Å². The van der Waals surface area contributed by atoms with Gasteiger partial charge in [0.25, 0.3) is 10.0 Å². The van der Waals surface area contributed by atoms with Crippen LogP contribution in [0.5, 0.6) is 5.75 Å². The summed E-state index contributed by atoms with van der Waals surface area (Å²) in [5.41, 5.74) is 0.233. The summed E-state index contributed by atoms with van der Waals surface area (Å²) >= 11 is 6.60. The first kappa shape index (κ1) is 17.5. The Labute approximate surface area is 141 Å². The molecule has 0 fully saturated rings. The third-order valence-electron chi connectivity index (χ3n) is 2.71. The Morgan fingerprint density at radius 2 is 2.17 bits per heavy atom. The van der Waals surface area contributed by atoms with Crippen LogP contribution in [0.1, 0.15) is 22.3 Å². The van der Waals surface area contributed by atoms with Crippen LogP contribution in [-0.4, -0.2) is 31.1 Å². The molecule has 0 saturated carbocycles. The van der Waals surface area contributed by atoms with Crippen molar-refractivity contribution in [2.75, 3.05) is 11.3 Å². The van der Waals surface area contributed by atoms with Gasteiger partial charge in [-0.3, -0.25) is 4.72 Å². The van der Waals surface area contributed by atoms with Crippen LogP contribution in [-0.2, 0) is 10.0 Å². The van der Waals surface area contributed by atoms with Gasteiger partial charge in [0.15, 0.2) is 5.13 Å². The minimum Gasteiger partial charge on any atom is -0.492 e. The molecule has 10 heteroatoms. The summed E-state index contributed by atoms with van der Waals surface area (Å²) in [6.07, 6.45) is 0. The van der Waals surface area contributed by atoms with Gasteiger partial charge < -0.3 is 9.84 Å². The maximum Gasteiger partial charge on any atom is 0.347 e. The molecule has 0 aliphatic rings. The van der Waals surface area contributed by atoms with Crippen molar-refractivity contribution in [3.8, 4) is 5.75 Å². The van der Waals surface area contributed by atoms with Gasteiger partial charge in [0.1, 0.15) is 15.5 Å². The van der Waals surface area contributed by atoms with E-state index in [1.54, 1.807) is 6.92 Å². The first-order valence-electron chi connectivity index (χ1n) is 6.40. The van der Waals surface area contributed by atoms with Gasteiger partial charge in [-0.1, -0.05) is 22.9 Å². The summed E-state index contributed by atoms with van der Waals surface area (Å²) in [6.45, 7) is 3.49. The van der Waals surface area contributed by atoms with Crippen molar-refractivity contribution in [1.29, 1.82) is 0 Å². The average molecular weight is 377 g/mol. The third-order valence-corrected chi connectivity index (χ3v) is 5.49. The van der Waals surface area contributed by atoms with Crippen molar-refractivity contribution < 1.29 is 23.1 Å². The van der Waals surface area contributed by atoms with E-state index in [1.807, 2.05) is 0 Å². The number of carboxylic acid groups (broad SMARTS) is 1. The summed E-state index contributed by atoms with van der Waals surface area (Å²) < 4.78 is 32.6. The number of hydrogen-bond acceptors (Lipinski definition) is 6. The molecule has 0 bridgehead atoms. The fourth-order valence-electron chi connectivity index (χ4n) is 1.78. The summed E-state index contributed by atoms with van der Waals surface area (Å²) in [5.74, 6) is -1.01. The van der Waals surface area contributed by atoms with Crippen LogP contribution >= 0.6 is 22.9 Å². The van der Waals surface area contributed by atoms with Crippen molar-refractivity contribution >= 4 is 44.1 Å². The molecular weight excluding hydrogens is 364 g/mol. The van der Waals surface area contributed by atoms with E-state index in [2.05, 4.69) is 9.71 Å². The summed E-state index contributed by atoms with van der Waals surface area (Å²) in [6, 6.07) is 4.23. The van der Waals surface area contributed by atoms with Crippen molar-refractivity contribution in [3.05, 3.63) is 33.8 Å². The van der Waals surface area contributed by atoms with Gasteiger partial charge in [-0.25, -0.2) is 18.2 Å². The third kappa shape index (κ3) is 3.92. The number of hydrogen-bond donors (Lipinski definition) is 2.